The average Bonchev–Trinajstić information content (AvgIpc) is 2.19. The fourth-order valence-electron chi connectivity index (χ4n) is 1.15. The molecular weight excluding hydrogens is 236 g/mol. The molecule has 0 amide bonds. The monoisotopic (exact) mass is 240 g/mol. The number of rotatable bonds is 3. The van der Waals surface area contributed by atoms with Crippen LogP contribution in [-0.4, -0.2) is 16.0 Å². The molecule has 0 atom stereocenters. The van der Waals surface area contributed by atoms with Gasteiger partial charge >= 0.3 is 5.97 Å². The average molecular weight is 241 g/mol. The minimum Gasteiger partial charge on any atom is -0.481 e. The maximum Gasteiger partial charge on any atom is 0.307 e. The van der Waals surface area contributed by atoms with E-state index in [0.717, 1.165) is 12.1 Å². The predicted molar refractivity (Wildman–Crippen MR) is 54.2 cm³/mol. The van der Waals surface area contributed by atoms with Gasteiger partial charge in [0.15, 0.2) is 0 Å². The van der Waals surface area contributed by atoms with Gasteiger partial charge in [-0.05, 0) is 11.6 Å². The van der Waals surface area contributed by atoms with Crippen LogP contribution in [-0.2, 0) is 11.2 Å². The third-order valence-corrected chi connectivity index (χ3v) is 2.18. The summed E-state index contributed by atoms with van der Waals surface area (Å²) in [7, 11) is 0. The highest BCUT2D eigenvalue weighted by Gasteiger charge is 2.18. The molecule has 0 heterocycles. The largest absolute Gasteiger partial charge is 0.481 e. The van der Waals surface area contributed by atoms with Crippen LogP contribution >= 0.6 is 11.6 Å². The van der Waals surface area contributed by atoms with Crippen molar-refractivity contribution in [3.63, 3.8) is 0 Å². The highest BCUT2D eigenvalue weighted by molar-refractivity contribution is 6.31. The molecule has 82 valence electrons. The molecule has 0 radical (unpaired) electrons. The van der Waals surface area contributed by atoms with Gasteiger partial charge in [0, 0.05) is 6.07 Å². The molecule has 0 unspecified atom stereocenters. The van der Waals surface area contributed by atoms with E-state index in [1.165, 1.54) is 0 Å². The lowest BCUT2D eigenvalue weighted by atomic mass is 10.1. The zero-order chi connectivity index (χ0) is 12.3. The lowest BCUT2D eigenvalue weighted by molar-refractivity contribution is -0.385. The summed E-state index contributed by atoms with van der Waals surface area (Å²) in [4.78, 5) is 20.3. The van der Waals surface area contributed by atoms with E-state index in [1.54, 1.807) is 6.07 Å². The Morgan fingerprint density at radius 3 is 2.69 bits per heavy atom. The number of halogens is 1. The molecule has 1 aromatic carbocycles. The van der Waals surface area contributed by atoms with Crippen LogP contribution in [0.5, 0.6) is 0 Å². The van der Waals surface area contributed by atoms with E-state index in [9.17, 15) is 14.9 Å². The topological polar surface area (TPSA) is 104 Å². The number of nitriles is 1. The van der Waals surface area contributed by atoms with Gasteiger partial charge in [-0.25, -0.2) is 0 Å². The first-order chi connectivity index (χ1) is 7.45. The highest BCUT2D eigenvalue weighted by atomic mass is 35.5. The Morgan fingerprint density at radius 1 is 1.62 bits per heavy atom. The van der Waals surface area contributed by atoms with Crippen molar-refractivity contribution in [2.45, 2.75) is 6.42 Å². The van der Waals surface area contributed by atoms with Crippen molar-refractivity contribution < 1.29 is 14.8 Å². The van der Waals surface area contributed by atoms with Crippen molar-refractivity contribution in [2.75, 3.05) is 0 Å². The molecule has 0 aromatic heterocycles. The van der Waals surface area contributed by atoms with Gasteiger partial charge in [-0.1, -0.05) is 11.6 Å². The number of hydrogen-bond donors (Lipinski definition) is 1. The predicted octanol–water partition coefficient (Wildman–Crippen LogP) is 1.75. The highest BCUT2D eigenvalue weighted by Crippen LogP contribution is 2.27. The van der Waals surface area contributed by atoms with Gasteiger partial charge < -0.3 is 5.11 Å². The van der Waals surface area contributed by atoms with Crippen LogP contribution in [0.3, 0.4) is 0 Å². The molecule has 0 saturated carbocycles. The second kappa shape index (κ2) is 4.59. The number of nitro benzene ring substituents is 1. The summed E-state index contributed by atoms with van der Waals surface area (Å²) in [5, 5.41) is 27.7. The molecule has 0 aliphatic heterocycles. The number of carbonyl (C=O) groups is 1. The third kappa shape index (κ3) is 2.46. The van der Waals surface area contributed by atoms with Gasteiger partial charge in [0.25, 0.3) is 5.69 Å². The van der Waals surface area contributed by atoms with Crippen LogP contribution < -0.4 is 0 Å². The van der Waals surface area contributed by atoms with Gasteiger partial charge in [-0.15, -0.1) is 0 Å². The molecule has 1 rings (SSSR count). The third-order valence-electron chi connectivity index (χ3n) is 1.82. The quantitative estimate of drug-likeness (QED) is 0.640. The Morgan fingerprint density at radius 2 is 2.25 bits per heavy atom. The van der Waals surface area contributed by atoms with Crippen molar-refractivity contribution in [2.24, 2.45) is 0 Å². The molecular formula is C9H5ClN2O4. The second-order valence-electron chi connectivity index (χ2n) is 2.90. The standard InChI is InChI=1S/C9H5ClN2O4/c10-7-3-8(12(15)16)6(4-11)1-5(7)2-9(13)14/h1,3H,2H2,(H,13,14). The smallest absolute Gasteiger partial charge is 0.307 e. The van der Waals surface area contributed by atoms with Crippen molar-refractivity contribution in [3.05, 3.63) is 38.4 Å². The molecule has 0 spiro atoms. The molecule has 0 aliphatic carbocycles. The van der Waals surface area contributed by atoms with Gasteiger partial charge in [0.1, 0.15) is 11.6 Å². The first kappa shape index (κ1) is 11.9. The summed E-state index contributed by atoms with van der Waals surface area (Å²) in [5.74, 6) is -1.13. The van der Waals surface area contributed by atoms with Gasteiger partial charge in [0.2, 0.25) is 0 Å². The van der Waals surface area contributed by atoms with E-state index >= 15 is 0 Å². The number of aliphatic carboxylic acids is 1. The summed E-state index contributed by atoms with van der Waals surface area (Å²) in [5.41, 5.74) is -0.455. The number of benzene rings is 1. The van der Waals surface area contributed by atoms with Crippen molar-refractivity contribution in [1.82, 2.24) is 0 Å². The fourth-order valence-corrected chi connectivity index (χ4v) is 1.37. The summed E-state index contributed by atoms with van der Waals surface area (Å²) >= 11 is 5.67. The lowest BCUT2D eigenvalue weighted by Gasteiger charge is -2.02. The Bertz CT molecular complexity index is 507. The molecule has 6 nitrogen and oxygen atoms in total. The van der Waals surface area contributed by atoms with Gasteiger partial charge in [0.05, 0.1) is 16.4 Å². The maximum absolute atomic E-state index is 10.5. The number of nitrogens with zero attached hydrogens (tertiary/aromatic N) is 2. The molecule has 0 bridgehead atoms. The van der Waals surface area contributed by atoms with E-state index in [0.29, 0.717) is 0 Å². The SMILES string of the molecule is N#Cc1cc(CC(=O)O)c(Cl)cc1[N+](=O)[O-]. The first-order valence-corrected chi connectivity index (χ1v) is 4.42. The van der Waals surface area contributed by atoms with Crippen molar-refractivity contribution >= 4 is 23.3 Å². The summed E-state index contributed by atoms with van der Waals surface area (Å²) < 4.78 is 0. The van der Waals surface area contributed by atoms with Crippen molar-refractivity contribution in [3.8, 4) is 6.07 Å². The zero-order valence-corrected chi connectivity index (χ0v) is 8.56. The van der Waals surface area contributed by atoms with Crippen LogP contribution in [0.1, 0.15) is 11.1 Å². The van der Waals surface area contributed by atoms with E-state index in [4.69, 9.17) is 22.0 Å². The Balaban J connectivity index is 3.32. The lowest BCUT2D eigenvalue weighted by Crippen LogP contribution is -2.02. The molecule has 1 N–H and O–H groups in total. The fraction of sp³-hybridized carbons (Fsp3) is 0.111. The molecule has 16 heavy (non-hydrogen) atoms. The summed E-state index contributed by atoms with van der Waals surface area (Å²) in [6, 6.07) is 3.73. The summed E-state index contributed by atoms with van der Waals surface area (Å²) in [6.07, 6.45) is -0.383. The Labute approximate surface area is 94.8 Å². The Hall–Kier alpha value is -2.13. The minimum absolute atomic E-state index is 0.0342. The molecule has 0 aliphatic rings. The number of hydrogen-bond acceptors (Lipinski definition) is 4. The first-order valence-electron chi connectivity index (χ1n) is 4.04. The van der Waals surface area contributed by atoms with E-state index in [-0.39, 0.29) is 22.6 Å². The molecule has 1 aromatic rings. The van der Waals surface area contributed by atoms with Crippen molar-refractivity contribution in [1.29, 1.82) is 5.26 Å². The van der Waals surface area contributed by atoms with Gasteiger partial charge in [-0.3, -0.25) is 14.9 Å². The van der Waals surface area contributed by atoms with E-state index in [2.05, 4.69) is 0 Å². The number of carboxylic acids is 1. The number of nitro groups is 1. The minimum atomic E-state index is -1.13. The zero-order valence-electron chi connectivity index (χ0n) is 7.81. The van der Waals surface area contributed by atoms with Crippen LogP contribution in [0.25, 0.3) is 0 Å². The normalized spacial score (nSPS) is 9.50. The molecule has 0 fully saturated rings. The van der Waals surface area contributed by atoms with Crippen LogP contribution in [0.15, 0.2) is 12.1 Å². The second-order valence-corrected chi connectivity index (χ2v) is 3.31. The Kier molecular flexibility index (Phi) is 3.43. The van der Waals surface area contributed by atoms with Crippen LogP contribution in [0.4, 0.5) is 5.69 Å². The van der Waals surface area contributed by atoms with E-state index in [1.807, 2.05) is 0 Å². The molecule has 0 saturated heterocycles. The summed E-state index contributed by atoms with van der Waals surface area (Å²) in [6.45, 7) is 0. The van der Waals surface area contributed by atoms with Gasteiger partial charge in [-0.2, -0.15) is 5.26 Å². The van der Waals surface area contributed by atoms with Crippen LogP contribution in [0.2, 0.25) is 5.02 Å². The number of carboxylic acid groups (broad SMARTS) is 1. The maximum atomic E-state index is 10.5. The van der Waals surface area contributed by atoms with E-state index < -0.39 is 16.6 Å². The molecule has 7 heteroatoms. The van der Waals surface area contributed by atoms with Crippen LogP contribution in [0, 0.1) is 21.4 Å².